The van der Waals surface area contributed by atoms with Gasteiger partial charge < -0.3 is 19.5 Å². The highest BCUT2D eigenvalue weighted by Crippen LogP contribution is 2.27. The van der Waals surface area contributed by atoms with Crippen LogP contribution >= 0.6 is 23.2 Å². The van der Waals surface area contributed by atoms with Crippen molar-refractivity contribution in [3.05, 3.63) is 58.1 Å². The predicted octanol–water partition coefficient (Wildman–Crippen LogP) is 6.20. The summed E-state index contributed by atoms with van der Waals surface area (Å²) < 4.78 is 7.72. The van der Waals surface area contributed by atoms with E-state index in [9.17, 15) is 4.79 Å². The Labute approximate surface area is 198 Å². The Morgan fingerprint density at radius 3 is 2.72 bits per heavy atom. The summed E-state index contributed by atoms with van der Waals surface area (Å²) in [4.78, 5) is 19.2. The first-order valence-electron chi connectivity index (χ1n) is 10.8. The number of amides is 1. The number of carbonyl (C=O) groups excluding carboxylic acids is 1. The monoisotopic (exact) mass is 474 g/mol. The van der Waals surface area contributed by atoms with Crippen LogP contribution in [0.4, 0.5) is 10.7 Å². The summed E-state index contributed by atoms with van der Waals surface area (Å²) in [5.41, 5.74) is 2.45. The van der Waals surface area contributed by atoms with Gasteiger partial charge in [0.2, 0.25) is 5.95 Å². The number of halogens is 2. The summed E-state index contributed by atoms with van der Waals surface area (Å²) in [6.45, 7) is 7.57. The minimum Gasteiger partial charge on any atom is -0.444 e. The lowest BCUT2D eigenvalue weighted by Crippen LogP contribution is -2.42. The molecule has 0 bridgehead atoms. The molecule has 6 nitrogen and oxygen atoms in total. The van der Waals surface area contributed by atoms with Crippen LogP contribution in [0.3, 0.4) is 0 Å². The standard InChI is InChI=1S/C24H28Cl2N4O2/c1-24(2,3)32-23(31)29-12-6-7-17(29)14-27-22-28-20-8-4-5-9-21(20)30(22)15-16-10-11-18(25)19(26)13-16/h4-5,8-11,13,17H,6-7,12,14-15H2,1-3H3,(H,27,28)/t17-/m1/s1. The highest BCUT2D eigenvalue weighted by atomic mass is 35.5. The number of hydrogen-bond donors (Lipinski definition) is 1. The molecule has 1 saturated heterocycles. The number of benzene rings is 2. The van der Waals surface area contributed by atoms with E-state index in [0.717, 1.165) is 35.4 Å². The van der Waals surface area contributed by atoms with Gasteiger partial charge in [-0.05, 0) is 63.4 Å². The molecule has 32 heavy (non-hydrogen) atoms. The van der Waals surface area contributed by atoms with Gasteiger partial charge in [-0.25, -0.2) is 9.78 Å². The van der Waals surface area contributed by atoms with Crippen LogP contribution in [0.2, 0.25) is 10.0 Å². The lowest BCUT2D eigenvalue weighted by molar-refractivity contribution is 0.0235. The lowest BCUT2D eigenvalue weighted by Gasteiger charge is -2.28. The van der Waals surface area contributed by atoms with Crippen LogP contribution in [0.5, 0.6) is 0 Å². The van der Waals surface area contributed by atoms with E-state index in [1.807, 2.05) is 68.1 Å². The first-order valence-corrected chi connectivity index (χ1v) is 11.6. The molecule has 2 heterocycles. The van der Waals surface area contributed by atoms with E-state index in [1.54, 1.807) is 0 Å². The van der Waals surface area contributed by atoms with E-state index in [0.29, 0.717) is 29.7 Å². The normalized spacial score (nSPS) is 16.5. The molecule has 0 spiro atoms. The van der Waals surface area contributed by atoms with E-state index in [1.165, 1.54) is 0 Å². The molecule has 2 aromatic carbocycles. The third-order valence-electron chi connectivity index (χ3n) is 5.48. The average Bonchev–Trinajstić information content (AvgIpc) is 3.33. The van der Waals surface area contributed by atoms with Crippen molar-refractivity contribution in [3.63, 3.8) is 0 Å². The number of imidazole rings is 1. The summed E-state index contributed by atoms with van der Waals surface area (Å²) in [5.74, 6) is 0.758. The molecule has 0 unspecified atom stereocenters. The van der Waals surface area contributed by atoms with Crippen LogP contribution in [0.1, 0.15) is 39.2 Å². The number of hydrogen-bond acceptors (Lipinski definition) is 4. The molecule has 170 valence electrons. The first-order chi connectivity index (χ1) is 15.2. The van der Waals surface area contributed by atoms with Gasteiger partial charge in [-0.2, -0.15) is 0 Å². The molecular formula is C24H28Cl2N4O2. The number of likely N-dealkylation sites (tertiary alicyclic amines) is 1. The van der Waals surface area contributed by atoms with Gasteiger partial charge in [0.1, 0.15) is 5.60 Å². The second-order valence-corrected chi connectivity index (χ2v) is 9.92. The van der Waals surface area contributed by atoms with Gasteiger partial charge >= 0.3 is 6.09 Å². The molecule has 0 saturated carbocycles. The Kier molecular flexibility index (Phi) is 6.54. The maximum absolute atomic E-state index is 12.6. The van der Waals surface area contributed by atoms with Crippen LogP contribution in [-0.2, 0) is 11.3 Å². The van der Waals surface area contributed by atoms with Crippen LogP contribution in [-0.4, -0.2) is 45.3 Å². The zero-order valence-electron chi connectivity index (χ0n) is 18.6. The summed E-state index contributed by atoms with van der Waals surface area (Å²) in [6, 6.07) is 13.7. The van der Waals surface area contributed by atoms with Crippen molar-refractivity contribution in [1.29, 1.82) is 0 Å². The Morgan fingerprint density at radius 2 is 1.97 bits per heavy atom. The number of rotatable bonds is 5. The minimum atomic E-state index is -0.508. The number of aromatic nitrogens is 2. The van der Waals surface area contributed by atoms with E-state index < -0.39 is 5.60 Å². The van der Waals surface area contributed by atoms with Crippen LogP contribution in [0.15, 0.2) is 42.5 Å². The molecular weight excluding hydrogens is 447 g/mol. The van der Waals surface area contributed by atoms with Crippen molar-refractivity contribution < 1.29 is 9.53 Å². The van der Waals surface area contributed by atoms with Crippen molar-refractivity contribution >= 4 is 46.3 Å². The molecule has 1 fully saturated rings. The summed E-state index contributed by atoms with van der Waals surface area (Å²) in [5, 5.41) is 4.55. The highest BCUT2D eigenvalue weighted by Gasteiger charge is 2.32. The van der Waals surface area contributed by atoms with Crippen molar-refractivity contribution in [2.24, 2.45) is 0 Å². The summed E-state index contributed by atoms with van der Waals surface area (Å²) in [6.07, 6.45) is 1.64. The van der Waals surface area contributed by atoms with Gasteiger partial charge in [0.25, 0.3) is 0 Å². The highest BCUT2D eigenvalue weighted by molar-refractivity contribution is 6.42. The Hall–Kier alpha value is -2.44. The number of para-hydroxylation sites is 2. The predicted molar refractivity (Wildman–Crippen MR) is 130 cm³/mol. The number of carbonyl (C=O) groups is 1. The summed E-state index contributed by atoms with van der Waals surface area (Å²) >= 11 is 12.3. The topological polar surface area (TPSA) is 59.4 Å². The quantitative estimate of drug-likeness (QED) is 0.477. The maximum Gasteiger partial charge on any atom is 0.410 e. The van der Waals surface area contributed by atoms with E-state index in [2.05, 4.69) is 9.88 Å². The van der Waals surface area contributed by atoms with Crippen molar-refractivity contribution in [3.8, 4) is 0 Å². The van der Waals surface area contributed by atoms with Gasteiger partial charge in [-0.15, -0.1) is 0 Å². The van der Waals surface area contributed by atoms with E-state index in [4.69, 9.17) is 32.9 Å². The fourth-order valence-corrected chi connectivity index (χ4v) is 4.33. The first kappa shape index (κ1) is 22.7. The molecule has 1 N–H and O–H groups in total. The fraction of sp³-hybridized carbons (Fsp3) is 0.417. The Morgan fingerprint density at radius 1 is 1.19 bits per heavy atom. The fourth-order valence-electron chi connectivity index (χ4n) is 4.01. The Bertz CT molecular complexity index is 1120. The molecule has 3 aromatic rings. The summed E-state index contributed by atoms with van der Waals surface area (Å²) in [7, 11) is 0. The minimum absolute atomic E-state index is 0.0584. The van der Waals surface area contributed by atoms with Crippen LogP contribution < -0.4 is 5.32 Å². The Balaban J connectivity index is 1.54. The van der Waals surface area contributed by atoms with Crippen molar-refractivity contribution in [2.75, 3.05) is 18.4 Å². The van der Waals surface area contributed by atoms with Gasteiger partial charge in [-0.1, -0.05) is 41.4 Å². The van der Waals surface area contributed by atoms with E-state index >= 15 is 0 Å². The zero-order chi connectivity index (χ0) is 22.9. The zero-order valence-corrected chi connectivity index (χ0v) is 20.1. The second kappa shape index (κ2) is 9.20. The van der Waals surface area contributed by atoms with Gasteiger partial charge in [0.15, 0.2) is 0 Å². The second-order valence-electron chi connectivity index (χ2n) is 9.11. The number of ether oxygens (including phenoxy) is 1. The maximum atomic E-state index is 12.6. The molecule has 1 amide bonds. The third-order valence-corrected chi connectivity index (χ3v) is 6.22. The molecule has 1 aliphatic rings. The van der Waals surface area contributed by atoms with Crippen LogP contribution in [0.25, 0.3) is 11.0 Å². The molecule has 4 rings (SSSR count). The smallest absolute Gasteiger partial charge is 0.410 e. The van der Waals surface area contributed by atoms with Crippen molar-refractivity contribution in [2.45, 2.75) is 51.8 Å². The van der Waals surface area contributed by atoms with Crippen LogP contribution in [0, 0.1) is 0 Å². The molecule has 0 aliphatic carbocycles. The van der Waals surface area contributed by atoms with Gasteiger partial charge in [0, 0.05) is 13.1 Å². The molecule has 1 atom stereocenters. The number of nitrogens with one attached hydrogen (secondary N) is 1. The largest absolute Gasteiger partial charge is 0.444 e. The SMILES string of the molecule is CC(C)(C)OC(=O)N1CCC[C@@H]1CNc1nc2ccccc2n1Cc1ccc(Cl)c(Cl)c1. The number of fused-ring (bicyclic) bond motifs is 1. The molecule has 1 aromatic heterocycles. The molecule has 1 aliphatic heterocycles. The lowest BCUT2D eigenvalue weighted by atomic mass is 10.2. The number of anilines is 1. The van der Waals surface area contributed by atoms with Gasteiger partial charge in [0.05, 0.1) is 33.7 Å². The molecule has 0 radical (unpaired) electrons. The molecule has 8 heteroatoms. The third kappa shape index (κ3) is 5.13. The van der Waals surface area contributed by atoms with E-state index in [-0.39, 0.29) is 12.1 Å². The van der Waals surface area contributed by atoms with Gasteiger partial charge in [-0.3, -0.25) is 0 Å². The average molecular weight is 475 g/mol. The number of nitrogens with zero attached hydrogens (tertiary/aromatic N) is 3. The van der Waals surface area contributed by atoms with Crippen molar-refractivity contribution in [1.82, 2.24) is 14.5 Å².